The highest BCUT2D eigenvalue weighted by Crippen LogP contribution is 2.29. The summed E-state index contributed by atoms with van der Waals surface area (Å²) < 4.78 is 3.34. The van der Waals surface area contributed by atoms with E-state index in [2.05, 4.69) is 56.6 Å². The second kappa shape index (κ2) is 11.2. The first-order valence-electron chi connectivity index (χ1n) is 11.7. The summed E-state index contributed by atoms with van der Waals surface area (Å²) in [5, 5.41) is 19.0. The monoisotopic (exact) mass is 455 g/mol. The molecule has 8 nitrogen and oxygen atoms in total. The van der Waals surface area contributed by atoms with Crippen molar-refractivity contribution in [1.29, 1.82) is 0 Å². The fourth-order valence-electron chi connectivity index (χ4n) is 3.95. The molecule has 0 fully saturated rings. The van der Waals surface area contributed by atoms with Crippen molar-refractivity contribution in [3.63, 3.8) is 0 Å². The molecule has 0 saturated heterocycles. The van der Waals surface area contributed by atoms with E-state index in [4.69, 9.17) is 0 Å². The number of benzene rings is 2. The molecule has 0 unspecified atom stereocenters. The molecule has 0 aliphatic heterocycles. The molecule has 4 rings (SSSR count). The van der Waals surface area contributed by atoms with Gasteiger partial charge in [0.1, 0.15) is 5.82 Å². The number of H-pyrrole nitrogens is 1. The maximum Gasteiger partial charge on any atom is 0.346 e. The molecule has 8 heteroatoms. The Morgan fingerprint density at radius 1 is 1.00 bits per heavy atom. The molecule has 0 saturated carbocycles. The van der Waals surface area contributed by atoms with Gasteiger partial charge in [-0.05, 0) is 35.2 Å². The van der Waals surface area contributed by atoms with Gasteiger partial charge < -0.3 is 0 Å². The Hall–Kier alpha value is -3.99. The number of unbranched alkanes of at least 4 members (excludes halogenated alkanes) is 3. The molecule has 0 atom stereocenters. The first kappa shape index (κ1) is 23.2. The lowest BCUT2D eigenvalue weighted by Crippen LogP contribution is -2.26. The van der Waals surface area contributed by atoms with E-state index < -0.39 is 0 Å². The number of nitrogens with one attached hydrogen (secondary N) is 1. The zero-order chi connectivity index (χ0) is 23.8. The summed E-state index contributed by atoms with van der Waals surface area (Å²) in [4.78, 5) is 13.1. The predicted octanol–water partition coefficient (Wildman–Crippen LogP) is 4.09. The van der Waals surface area contributed by atoms with Gasteiger partial charge in [0.05, 0.1) is 13.0 Å². The quantitative estimate of drug-likeness (QED) is 0.287. The topological polar surface area (TPSA) is 94.3 Å². The van der Waals surface area contributed by atoms with Crippen molar-refractivity contribution in [2.24, 2.45) is 0 Å². The van der Waals surface area contributed by atoms with Gasteiger partial charge in [-0.3, -0.25) is 4.57 Å². The molecule has 0 amide bonds. The van der Waals surface area contributed by atoms with E-state index in [1.54, 1.807) is 16.2 Å². The van der Waals surface area contributed by atoms with Crippen LogP contribution >= 0.6 is 0 Å². The van der Waals surface area contributed by atoms with Crippen LogP contribution in [-0.4, -0.2) is 35.0 Å². The number of hydrogen-bond donors (Lipinski definition) is 1. The zero-order valence-electron chi connectivity index (χ0n) is 19.7. The third-order valence-corrected chi connectivity index (χ3v) is 5.77. The SMILES string of the molecule is CC#CCc1nn(CCCCCC)c(=O)n1Cc1ccc(-c2ccccc2-c2nn[nH]n2)cc1. The van der Waals surface area contributed by atoms with Crippen molar-refractivity contribution in [3.05, 3.63) is 70.4 Å². The molecule has 34 heavy (non-hydrogen) atoms. The lowest BCUT2D eigenvalue weighted by atomic mass is 9.98. The van der Waals surface area contributed by atoms with Crippen molar-refractivity contribution < 1.29 is 0 Å². The molecular weight excluding hydrogens is 426 g/mol. The minimum Gasteiger partial charge on any atom is -0.274 e. The smallest absolute Gasteiger partial charge is 0.274 e. The minimum absolute atomic E-state index is 0.0732. The minimum atomic E-state index is -0.0732. The molecule has 2 heterocycles. The van der Waals surface area contributed by atoms with Crippen LogP contribution in [0.2, 0.25) is 0 Å². The normalized spacial score (nSPS) is 10.8. The summed E-state index contributed by atoms with van der Waals surface area (Å²) in [7, 11) is 0. The van der Waals surface area contributed by atoms with Crippen LogP contribution < -0.4 is 5.69 Å². The van der Waals surface area contributed by atoms with E-state index in [9.17, 15) is 4.79 Å². The highest BCUT2D eigenvalue weighted by Gasteiger charge is 2.14. The summed E-state index contributed by atoms with van der Waals surface area (Å²) >= 11 is 0. The highest BCUT2D eigenvalue weighted by molar-refractivity contribution is 5.80. The van der Waals surface area contributed by atoms with Crippen LogP contribution in [0.1, 0.15) is 50.9 Å². The maximum atomic E-state index is 13.1. The van der Waals surface area contributed by atoms with Crippen LogP contribution in [0, 0.1) is 11.8 Å². The molecule has 2 aromatic carbocycles. The molecule has 2 aromatic heterocycles. The van der Waals surface area contributed by atoms with Crippen LogP contribution in [0.4, 0.5) is 0 Å². The van der Waals surface area contributed by atoms with Gasteiger partial charge in [-0.25, -0.2) is 9.48 Å². The van der Waals surface area contributed by atoms with E-state index in [1.807, 2.05) is 36.4 Å². The Labute approximate surface area is 199 Å². The highest BCUT2D eigenvalue weighted by atomic mass is 16.2. The number of rotatable bonds is 10. The van der Waals surface area contributed by atoms with Crippen molar-refractivity contribution >= 4 is 0 Å². The van der Waals surface area contributed by atoms with Gasteiger partial charge in [-0.2, -0.15) is 10.3 Å². The van der Waals surface area contributed by atoms with Crippen LogP contribution in [0.5, 0.6) is 0 Å². The van der Waals surface area contributed by atoms with Crippen LogP contribution in [0.3, 0.4) is 0 Å². The predicted molar refractivity (Wildman–Crippen MR) is 132 cm³/mol. The van der Waals surface area contributed by atoms with E-state index in [-0.39, 0.29) is 5.69 Å². The van der Waals surface area contributed by atoms with E-state index >= 15 is 0 Å². The summed E-state index contributed by atoms with van der Waals surface area (Å²) in [5.74, 6) is 7.22. The number of nitrogens with zero attached hydrogens (tertiary/aromatic N) is 6. The lowest BCUT2D eigenvalue weighted by molar-refractivity contribution is 0.521. The average Bonchev–Trinajstić information content (AvgIpc) is 3.50. The molecule has 0 aliphatic rings. The lowest BCUT2D eigenvalue weighted by Gasteiger charge is -2.09. The number of tetrazole rings is 1. The Morgan fingerprint density at radius 2 is 1.79 bits per heavy atom. The van der Waals surface area contributed by atoms with Crippen molar-refractivity contribution in [2.45, 2.75) is 59.0 Å². The van der Waals surface area contributed by atoms with E-state index in [0.29, 0.717) is 31.2 Å². The van der Waals surface area contributed by atoms with Crippen molar-refractivity contribution in [1.82, 2.24) is 35.0 Å². The Bertz CT molecular complexity index is 1320. The van der Waals surface area contributed by atoms with Gasteiger partial charge in [-0.1, -0.05) is 80.6 Å². The number of aryl methyl sites for hydroxylation is 1. The van der Waals surface area contributed by atoms with Gasteiger partial charge in [0.15, 0.2) is 0 Å². The second-order valence-electron chi connectivity index (χ2n) is 8.15. The Kier molecular flexibility index (Phi) is 7.66. The molecule has 174 valence electrons. The first-order chi connectivity index (χ1) is 16.7. The van der Waals surface area contributed by atoms with Gasteiger partial charge in [0.25, 0.3) is 0 Å². The second-order valence-corrected chi connectivity index (χ2v) is 8.15. The molecule has 4 aromatic rings. The molecule has 0 bridgehead atoms. The van der Waals surface area contributed by atoms with Gasteiger partial charge in [-0.15, -0.1) is 16.1 Å². The average molecular weight is 456 g/mol. The molecular formula is C26H29N7O. The summed E-state index contributed by atoms with van der Waals surface area (Å²) in [6.07, 6.45) is 4.86. The van der Waals surface area contributed by atoms with Crippen LogP contribution in [-0.2, 0) is 19.5 Å². The number of aromatic amines is 1. The van der Waals surface area contributed by atoms with E-state index in [0.717, 1.165) is 41.5 Å². The molecule has 1 N–H and O–H groups in total. The third kappa shape index (κ3) is 5.31. The largest absolute Gasteiger partial charge is 0.346 e. The van der Waals surface area contributed by atoms with E-state index in [1.165, 1.54) is 6.42 Å². The number of aromatic nitrogens is 7. The summed E-state index contributed by atoms with van der Waals surface area (Å²) in [6, 6.07) is 16.2. The Balaban J connectivity index is 1.57. The third-order valence-electron chi connectivity index (χ3n) is 5.77. The number of hydrogen-bond acceptors (Lipinski definition) is 5. The first-order valence-corrected chi connectivity index (χ1v) is 11.7. The standard InChI is InChI=1S/C26H29N7O/c1-3-5-7-10-18-33-26(34)32(24(29-33)13-6-4-2)19-20-14-16-21(17-15-20)22-11-8-9-12-23(22)25-27-30-31-28-25/h8-9,11-12,14-17H,3,5,7,10,13,18-19H2,1-2H3,(H,27,28,30,31). The van der Waals surface area contributed by atoms with Crippen molar-refractivity contribution in [2.75, 3.05) is 0 Å². The Morgan fingerprint density at radius 3 is 2.50 bits per heavy atom. The molecule has 0 radical (unpaired) electrons. The van der Waals surface area contributed by atoms with Gasteiger partial charge in [0.2, 0.25) is 5.82 Å². The van der Waals surface area contributed by atoms with Crippen LogP contribution in [0.25, 0.3) is 22.5 Å². The zero-order valence-corrected chi connectivity index (χ0v) is 19.7. The fraction of sp³-hybridized carbons (Fsp3) is 0.346. The molecule has 0 spiro atoms. The fourth-order valence-corrected chi connectivity index (χ4v) is 3.95. The van der Waals surface area contributed by atoms with Gasteiger partial charge >= 0.3 is 5.69 Å². The summed E-state index contributed by atoms with van der Waals surface area (Å²) in [6.45, 7) is 5.08. The van der Waals surface area contributed by atoms with Crippen LogP contribution in [0.15, 0.2) is 53.3 Å². The maximum absolute atomic E-state index is 13.1. The van der Waals surface area contributed by atoms with Gasteiger partial charge in [0, 0.05) is 12.1 Å². The molecule has 0 aliphatic carbocycles. The summed E-state index contributed by atoms with van der Waals surface area (Å²) in [5.41, 5.74) is 3.92. The van der Waals surface area contributed by atoms with Crippen molar-refractivity contribution in [3.8, 4) is 34.4 Å².